The van der Waals surface area contributed by atoms with Crippen molar-refractivity contribution in [2.45, 2.75) is 11.8 Å². The maximum Gasteiger partial charge on any atom is 0.277 e. The first-order valence-electron chi connectivity index (χ1n) is 5.47. The molecule has 0 spiro atoms. The van der Waals surface area contributed by atoms with E-state index in [0.29, 0.717) is 11.1 Å². The van der Waals surface area contributed by atoms with Crippen LogP contribution in [0.2, 0.25) is 0 Å². The molecule has 1 aromatic carbocycles. The van der Waals surface area contributed by atoms with Crippen molar-refractivity contribution < 1.29 is 8.42 Å². The van der Waals surface area contributed by atoms with Crippen LogP contribution in [0.15, 0.2) is 23.1 Å². The van der Waals surface area contributed by atoms with Gasteiger partial charge in [-0.3, -0.25) is 0 Å². The van der Waals surface area contributed by atoms with E-state index in [4.69, 9.17) is 18.0 Å². The van der Waals surface area contributed by atoms with Crippen molar-refractivity contribution in [2.24, 2.45) is 12.8 Å². The van der Waals surface area contributed by atoms with Gasteiger partial charge in [0, 0.05) is 5.56 Å². The molecule has 0 amide bonds. The molecule has 1 aromatic heterocycles. The fourth-order valence-electron chi connectivity index (χ4n) is 1.54. The summed E-state index contributed by atoms with van der Waals surface area (Å²) < 4.78 is 26.8. The van der Waals surface area contributed by atoms with E-state index in [1.54, 1.807) is 19.1 Å². The van der Waals surface area contributed by atoms with E-state index in [0.717, 1.165) is 4.80 Å². The molecule has 0 saturated heterocycles. The van der Waals surface area contributed by atoms with Crippen molar-refractivity contribution in [3.63, 3.8) is 0 Å². The Morgan fingerprint density at radius 3 is 2.70 bits per heavy atom. The third kappa shape index (κ3) is 2.91. The highest BCUT2D eigenvalue weighted by Crippen LogP contribution is 2.19. The molecule has 0 aliphatic heterocycles. The molecule has 1 heterocycles. The van der Waals surface area contributed by atoms with E-state index in [9.17, 15) is 8.42 Å². The predicted molar refractivity (Wildman–Crippen MR) is 76.7 cm³/mol. The van der Waals surface area contributed by atoms with Crippen LogP contribution in [-0.4, -0.2) is 33.6 Å². The molecular formula is C10H12N6O2S2. The molecule has 8 nitrogen and oxygen atoms in total. The summed E-state index contributed by atoms with van der Waals surface area (Å²) in [4.78, 5) is 1.34. The lowest BCUT2D eigenvalue weighted by atomic mass is 10.1. The van der Waals surface area contributed by atoms with Crippen molar-refractivity contribution in [3.05, 3.63) is 29.3 Å². The number of nitrogens with zero attached hydrogens (tertiary/aromatic N) is 4. The predicted octanol–water partition coefficient (Wildman–Crippen LogP) is -0.0465. The number of hydrogen-bond acceptors (Lipinski definition) is 6. The summed E-state index contributed by atoms with van der Waals surface area (Å²) in [7, 11) is -2.30. The summed E-state index contributed by atoms with van der Waals surface area (Å²) >= 11 is 4.85. The largest absolute Gasteiger partial charge is 0.389 e. The average Bonchev–Trinajstić information content (AvgIpc) is 2.73. The summed E-state index contributed by atoms with van der Waals surface area (Å²) in [6.45, 7) is 1.67. The van der Waals surface area contributed by atoms with Gasteiger partial charge in [0.2, 0.25) is 0 Å². The number of thiocarbonyl (C=S) groups is 1. The zero-order valence-corrected chi connectivity index (χ0v) is 12.4. The quantitative estimate of drug-likeness (QED) is 0.760. The van der Waals surface area contributed by atoms with Crippen molar-refractivity contribution in [1.29, 1.82) is 0 Å². The smallest absolute Gasteiger partial charge is 0.277 e. The third-order valence-corrected chi connectivity index (χ3v) is 4.20. The molecule has 0 radical (unpaired) electrons. The number of anilines is 1. The Morgan fingerprint density at radius 2 is 2.15 bits per heavy atom. The van der Waals surface area contributed by atoms with E-state index in [1.165, 1.54) is 13.1 Å². The second-order valence-corrected chi connectivity index (χ2v) is 6.14. The van der Waals surface area contributed by atoms with Crippen LogP contribution in [0.3, 0.4) is 0 Å². The van der Waals surface area contributed by atoms with Gasteiger partial charge in [0.15, 0.2) is 0 Å². The minimum atomic E-state index is -3.83. The number of aromatic nitrogens is 4. The minimum Gasteiger partial charge on any atom is -0.389 e. The van der Waals surface area contributed by atoms with Crippen LogP contribution in [0.5, 0.6) is 0 Å². The number of hydrogen-bond donors (Lipinski definition) is 2. The highest BCUT2D eigenvalue weighted by Gasteiger charge is 2.20. The van der Waals surface area contributed by atoms with Gasteiger partial charge in [-0.2, -0.15) is 4.80 Å². The monoisotopic (exact) mass is 312 g/mol. The van der Waals surface area contributed by atoms with E-state index in [1.807, 2.05) is 0 Å². The van der Waals surface area contributed by atoms with Crippen LogP contribution < -0.4 is 10.5 Å². The van der Waals surface area contributed by atoms with Gasteiger partial charge in [-0.1, -0.05) is 29.4 Å². The van der Waals surface area contributed by atoms with Gasteiger partial charge < -0.3 is 5.73 Å². The van der Waals surface area contributed by atoms with Crippen molar-refractivity contribution in [2.75, 3.05) is 4.72 Å². The first-order valence-corrected chi connectivity index (χ1v) is 7.36. The van der Waals surface area contributed by atoms with E-state index in [2.05, 4.69) is 20.1 Å². The van der Waals surface area contributed by atoms with Gasteiger partial charge in [-0.15, -0.1) is 5.10 Å². The van der Waals surface area contributed by atoms with Gasteiger partial charge in [0.25, 0.3) is 16.0 Å². The topological polar surface area (TPSA) is 116 Å². The lowest BCUT2D eigenvalue weighted by molar-refractivity contribution is 0.600. The fourth-order valence-corrected chi connectivity index (χ4v) is 2.88. The first-order chi connectivity index (χ1) is 9.29. The maximum atomic E-state index is 12.3. The van der Waals surface area contributed by atoms with Crippen molar-refractivity contribution in [3.8, 4) is 0 Å². The van der Waals surface area contributed by atoms with Crippen LogP contribution in [0.25, 0.3) is 0 Å². The number of nitrogens with one attached hydrogen (secondary N) is 1. The highest BCUT2D eigenvalue weighted by atomic mass is 32.2. The standard InChI is InChI=1S/C10H12N6O2S2/c1-6-3-4-7(9(11)19)5-8(6)20(17,18)14-10-12-15-16(2)13-10/h3-5H,1-2H3,(H2,11,19)(H,13,14). The molecule has 0 bridgehead atoms. The van der Waals surface area contributed by atoms with Crippen LogP contribution >= 0.6 is 12.2 Å². The Hall–Kier alpha value is -2.07. The van der Waals surface area contributed by atoms with Crippen LogP contribution in [0.4, 0.5) is 5.95 Å². The average molecular weight is 312 g/mol. The van der Waals surface area contributed by atoms with Crippen LogP contribution in [-0.2, 0) is 17.1 Å². The molecule has 0 saturated carbocycles. The molecule has 0 unspecified atom stereocenters. The Bertz CT molecular complexity index is 768. The Balaban J connectivity index is 2.43. The molecule has 2 aromatic rings. The highest BCUT2D eigenvalue weighted by molar-refractivity contribution is 7.92. The van der Waals surface area contributed by atoms with Crippen LogP contribution in [0.1, 0.15) is 11.1 Å². The zero-order valence-electron chi connectivity index (χ0n) is 10.7. The molecule has 2 rings (SSSR count). The summed E-state index contributed by atoms with van der Waals surface area (Å²) in [5, 5.41) is 10.9. The Kier molecular flexibility index (Phi) is 3.68. The van der Waals surface area contributed by atoms with Gasteiger partial charge in [-0.05, 0) is 23.8 Å². The third-order valence-electron chi connectivity index (χ3n) is 2.50. The summed E-state index contributed by atoms with van der Waals surface area (Å²) in [5.74, 6) is -0.104. The molecule has 10 heteroatoms. The molecule has 20 heavy (non-hydrogen) atoms. The van der Waals surface area contributed by atoms with Gasteiger partial charge >= 0.3 is 0 Å². The van der Waals surface area contributed by atoms with Crippen molar-refractivity contribution >= 4 is 33.2 Å². The summed E-state index contributed by atoms with van der Waals surface area (Å²) in [6, 6.07) is 4.71. The molecule has 0 aliphatic rings. The molecule has 106 valence electrons. The van der Waals surface area contributed by atoms with Gasteiger partial charge in [-0.25, -0.2) is 13.1 Å². The Morgan fingerprint density at radius 1 is 1.45 bits per heavy atom. The fraction of sp³-hybridized carbons (Fsp3) is 0.200. The summed E-state index contributed by atoms with van der Waals surface area (Å²) in [6.07, 6.45) is 0. The minimum absolute atomic E-state index is 0.0650. The number of rotatable bonds is 4. The first kappa shape index (κ1) is 14.3. The zero-order chi connectivity index (χ0) is 14.9. The molecule has 3 N–H and O–H groups in total. The SMILES string of the molecule is Cc1ccc(C(N)=S)cc1S(=O)(=O)Nc1nnn(C)n1. The second-order valence-electron chi connectivity index (χ2n) is 4.05. The lowest BCUT2D eigenvalue weighted by Crippen LogP contribution is -2.17. The number of sulfonamides is 1. The number of tetrazole rings is 1. The van der Waals surface area contributed by atoms with Gasteiger partial charge in [0.05, 0.1) is 11.9 Å². The molecule has 0 fully saturated rings. The Labute approximate surface area is 121 Å². The number of aryl methyl sites for hydroxylation is 2. The molecule has 0 atom stereocenters. The summed E-state index contributed by atoms with van der Waals surface area (Å²) in [5.41, 5.74) is 6.54. The molecule has 0 aliphatic carbocycles. The van der Waals surface area contributed by atoms with E-state index in [-0.39, 0.29) is 15.8 Å². The molecular weight excluding hydrogens is 300 g/mol. The lowest BCUT2D eigenvalue weighted by Gasteiger charge is -2.09. The van der Waals surface area contributed by atoms with Crippen LogP contribution in [0, 0.1) is 6.92 Å². The van der Waals surface area contributed by atoms with Gasteiger partial charge in [0.1, 0.15) is 4.99 Å². The number of nitrogens with two attached hydrogens (primary N) is 1. The normalized spacial score (nSPS) is 11.3. The second kappa shape index (κ2) is 5.13. The maximum absolute atomic E-state index is 12.3. The van der Waals surface area contributed by atoms with E-state index >= 15 is 0 Å². The van der Waals surface area contributed by atoms with Crippen molar-refractivity contribution in [1.82, 2.24) is 20.2 Å². The number of benzene rings is 1. The van der Waals surface area contributed by atoms with E-state index < -0.39 is 10.0 Å².